The fourth-order valence-corrected chi connectivity index (χ4v) is 0.470. The molecule has 2 nitrogen and oxygen atoms in total. The lowest BCUT2D eigenvalue weighted by Crippen LogP contribution is -1.96. The summed E-state index contributed by atoms with van der Waals surface area (Å²) in [5.41, 5.74) is 5.68. The van der Waals surface area contributed by atoms with Crippen molar-refractivity contribution in [3.05, 3.63) is 23.9 Å². The van der Waals surface area contributed by atoms with E-state index in [0.29, 0.717) is 5.57 Å². The van der Waals surface area contributed by atoms with E-state index < -0.39 is 0 Å². The van der Waals surface area contributed by atoms with Crippen LogP contribution in [0, 0.1) is 0 Å². The van der Waals surface area contributed by atoms with Gasteiger partial charge in [0.05, 0.1) is 0 Å². The molecule has 0 atom stereocenters. The first-order chi connectivity index (χ1) is 4.22. The number of allylic oxidation sites excluding steroid dienone is 3. The fourth-order valence-electron chi connectivity index (χ4n) is 0.470. The molecule has 0 bridgehead atoms. The molecule has 2 N–H and O–H groups in total. The Labute approximate surface area is 55.1 Å². The average Bonchev–Trinajstić information content (AvgIpc) is 1.82. The molecular weight excluding hydrogens is 114 g/mol. The Morgan fingerprint density at radius 2 is 2.11 bits per heavy atom. The Balaban J connectivity index is 4.19. The summed E-state index contributed by atoms with van der Waals surface area (Å²) in [7, 11) is 0. The lowest BCUT2D eigenvalue weighted by molar-refractivity contribution is -0.113. The maximum atomic E-state index is 10.6. The minimum absolute atomic E-state index is 0.00407. The molecule has 0 amide bonds. The Kier molecular flexibility index (Phi) is 3.44. The van der Waals surface area contributed by atoms with Gasteiger partial charge in [-0.25, -0.2) is 0 Å². The smallest absolute Gasteiger partial charge is 0.161 e. The van der Waals surface area contributed by atoms with Crippen LogP contribution in [0.4, 0.5) is 0 Å². The highest BCUT2D eigenvalue weighted by molar-refractivity contribution is 5.95. The number of carbonyl (C=O) groups excluding carboxylic acids is 1. The normalized spacial score (nSPS) is 12.4. The highest BCUT2D eigenvalue weighted by atomic mass is 16.1. The van der Waals surface area contributed by atoms with Crippen molar-refractivity contribution in [3.63, 3.8) is 0 Å². The molecule has 0 spiro atoms. The van der Waals surface area contributed by atoms with Gasteiger partial charge in [-0.2, -0.15) is 0 Å². The Morgan fingerprint density at radius 1 is 1.56 bits per heavy atom. The van der Waals surface area contributed by atoms with Crippen LogP contribution < -0.4 is 5.73 Å². The lowest BCUT2D eigenvalue weighted by atomic mass is 10.2. The van der Waals surface area contributed by atoms with Gasteiger partial charge in [0.1, 0.15) is 0 Å². The number of hydrogen-bond donors (Lipinski definition) is 1. The third-order valence-electron chi connectivity index (χ3n) is 0.932. The van der Waals surface area contributed by atoms with E-state index in [4.69, 9.17) is 5.73 Å². The molecule has 0 heterocycles. The molecule has 0 aliphatic heterocycles. The largest absolute Gasteiger partial charge is 0.404 e. The number of Topliss-reactive ketones (excluding diaryl/α,β-unsaturated/α-hetero) is 1. The van der Waals surface area contributed by atoms with Crippen molar-refractivity contribution in [3.8, 4) is 0 Å². The maximum Gasteiger partial charge on any atom is 0.161 e. The Bertz CT molecular complexity index is 156. The van der Waals surface area contributed by atoms with E-state index in [1.165, 1.54) is 13.1 Å². The van der Waals surface area contributed by atoms with Crippen LogP contribution in [0.25, 0.3) is 0 Å². The molecule has 2 heteroatoms. The quantitative estimate of drug-likeness (QED) is 0.442. The van der Waals surface area contributed by atoms with Crippen LogP contribution >= 0.6 is 0 Å². The summed E-state index contributed by atoms with van der Waals surface area (Å²) in [6.45, 7) is 3.32. The van der Waals surface area contributed by atoms with E-state index in [-0.39, 0.29) is 5.78 Å². The van der Waals surface area contributed by atoms with E-state index in [9.17, 15) is 4.79 Å². The minimum Gasteiger partial charge on any atom is -0.404 e. The fraction of sp³-hybridized carbons (Fsp3) is 0.286. The minimum atomic E-state index is -0.00407. The van der Waals surface area contributed by atoms with E-state index >= 15 is 0 Å². The molecule has 0 fully saturated rings. The van der Waals surface area contributed by atoms with Gasteiger partial charge in [-0.05, 0) is 13.8 Å². The number of nitrogens with two attached hydrogens (primary N) is 1. The van der Waals surface area contributed by atoms with Gasteiger partial charge in [0.2, 0.25) is 0 Å². The molecule has 0 radical (unpaired) electrons. The van der Waals surface area contributed by atoms with Crippen LogP contribution in [-0.2, 0) is 4.79 Å². The summed E-state index contributed by atoms with van der Waals surface area (Å²) in [6.07, 6.45) is 4.77. The van der Waals surface area contributed by atoms with Crippen LogP contribution in [0.1, 0.15) is 13.8 Å². The zero-order valence-electron chi connectivity index (χ0n) is 5.72. The van der Waals surface area contributed by atoms with Crippen molar-refractivity contribution < 1.29 is 4.79 Å². The second-order valence-electron chi connectivity index (χ2n) is 1.68. The topological polar surface area (TPSA) is 43.1 Å². The molecule has 0 rings (SSSR count). The van der Waals surface area contributed by atoms with Gasteiger partial charge >= 0.3 is 0 Å². The summed E-state index contributed by atoms with van der Waals surface area (Å²) in [5.74, 6) is -0.00407. The molecule has 0 saturated heterocycles. The van der Waals surface area contributed by atoms with Gasteiger partial charge in [0.25, 0.3) is 0 Å². The van der Waals surface area contributed by atoms with Crippen molar-refractivity contribution >= 4 is 5.78 Å². The van der Waals surface area contributed by atoms with Crippen LogP contribution in [0.5, 0.6) is 0 Å². The molecule has 0 aromatic heterocycles. The third-order valence-corrected chi connectivity index (χ3v) is 0.932. The second-order valence-corrected chi connectivity index (χ2v) is 1.68. The molecule has 0 aliphatic carbocycles. The highest BCUT2D eigenvalue weighted by Crippen LogP contribution is 1.94. The summed E-state index contributed by atoms with van der Waals surface area (Å²) >= 11 is 0. The highest BCUT2D eigenvalue weighted by Gasteiger charge is 1.94. The predicted molar refractivity (Wildman–Crippen MR) is 37.8 cm³/mol. The summed E-state index contributed by atoms with van der Waals surface area (Å²) in [4.78, 5) is 10.6. The van der Waals surface area contributed by atoms with Crippen LogP contribution in [-0.4, -0.2) is 5.78 Å². The second kappa shape index (κ2) is 3.89. The average molecular weight is 125 g/mol. The zero-order valence-corrected chi connectivity index (χ0v) is 5.72. The molecule has 50 valence electrons. The summed E-state index contributed by atoms with van der Waals surface area (Å²) in [5, 5.41) is 0. The number of ketones is 1. The van der Waals surface area contributed by atoms with Gasteiger partial charge in [0.15, 0.2) is 5.78 Å². The first-order valence-electron chi connectivity index (χ1n) is 2.78. The van der Waals surface area contributed by atoms with E-state index in [1.807, 2.05) is 6.92 Å². The van der Waals surface area contributed by atoms with E-state index in [1.54, 1.807) is 12.2 Å². The van der Waals surface area contributed by atoms with Crippen molar-refractivity contribution in [1.82, 2.24) is 0 Å². The molecule has 0 saturated carbocycles. The van der Waals surface area contributed by atoms with Crippen molar-refractivity contribution in [2.24, 2.45) is 5.73 Å². The summed E-state index contributed by atoms with van der Waals surface area (Å²) in [6, 6.07) is 0. The van der Waals surface area contributed by atoms with Crippen LogP contribution in [0.3, 0.4) is 0 Å². The third kappa shape index (κ3) is 2.69. The molecule has 0 aliphatic rings. The van der Waals surface area contributed by atoms with Crippen molar-refractivity contribution in [1.29, 1.82) is 0 Å². The maximum absolute atomic E-state index is 10.6. The first kappa shape index (κ1) is 7.95. The molecule has 0 aromatic rings. The van der Waals surface area contributed by atoms with Gasteiger partial charge in [-0.1, -0.05) is 12.2 Å². The summed E-state index contributed by atoms with van der Waals surface area (Å²) < 4.78 is 0. The zero-order chi connectivity index (χ0) is 7.28. The van der Waals surface area contributed by atoms with Crippen molar-refractivity contribution in [2.45, 2.75) is 13.8 Å². The lowest BCUT2D eigenvalue weighted by Gasteiger charge is -1.89. The van der Waals surface area contributed by atoms with Gasteiger partial charge in [-0.15, -0.1) is 0 Å². The van der Waals surface area contributed by atoms with E-state index in [2.05, 4.69) is 0 Å². The Hall–Kier alpha value is -1.05. The molecular formula is C7H11NO. The van der Waals surface area contributed by atoms with Gasteiger partial charge in [-0.3, -0.25) is 4.79 Å². The van der Waals surface area contributed by atoms with Gasteiger partial charge < -0.3 is 5.73 Å². The van der Waals surface area contributed by atoms with Crippen LogP contribution in [0.2, 0.25) is 0 Å². The number of rotatable bonds is 2. The molecule has 0 aromatic carbocycles. The number of hydrogen-bond acceptors (Lipinski definition) is 2. The molecule has 0 unspecified atom stereocenters. The number of carbonyl (C=O) groups is 1. The predicted octanol–water partition coefficient (Wildman–Crippen LogP) is 0.994. The standard InChI is InChI=1S/C7H11NO/c1-3-4-7(5-8)6(2)9/h3-5H,8H2,1-2H3/b4-3-,7-5+. The Morgan fingerprint density at radius 3 is 2.22 bits per heavy atom. The molecule has 9 heavy (non-hydrogen) atoms. The first-order valence-corrected chi connectivity index (χ1v) is 2.78. The van der Waals surface area contributed by atoms with Crippen LogP contribution in [0.15, 0.2) is 23.9 Å². The van der Waals surface area contributed by atoms with Gasteiger partial charge in [0, 0.05) is 11.8 Å². The SMILES string of the molecule is C/C=C\C(=C/N)C(C)=O. The van der Waals surface area contributed by atoms with E-state index in [0.717, 1.165) is 0 Å². The van der Waals surface area contributed by atoms with Crippen molar-refractivity contribution in [2.75, 3.05) is 0 Å². The monoisotopic (exact) mass is 125 g/mol.